The lowest BCUT2D eigenvalue weighted by molar-refractivity contribution is 0.0599. The number of benzene rings is 1. The lowest BCUT2D eigenvalue weighted by atomic mass is 10.2. The second-order valence-corrected chi connectivity index (χ2v) is 7.30. The first kappa shape index (κ1) is 20.3. The van der Waals surface area contributed by atoms with E-state index in [9.17, 15) is 4.79 Å². The van der Waals surface area contributed by atoms with Crippen LogP contribution in [0.4, 0.5) is 0 Å². The number of furan rings is 1. The van der Waals surface area contributed by atoms with Gasteiger partial charge in [-0.3, -0.25) is 4.90 Å². The van der Waals surface area contributed by atoms with Crippen molar-refractivity contribution in [3.63, 3.8) is 0 Å². The van der Waals surface area contributed by atoms with E-state index in [0.717, 1.165) is 11.4 Å². The zero-order chi connectivity index (χ0) is 20.4. The number of rotatable bonds is 6. The highest BCUT2D eigenvalue weighted by Gasteiger charge is 2.17. The SMILES string of the molecule is COC(=O)c1cc(CN(C)Cn2nc(-c3ccc(Cl)cc3)n(C)c2=S)oc1C. The maximum atomic E-state index is 11.7. The van der Waals surface area contributed by atoms with E-state index in [0.29, 0.717) is 40.1 Å². The molecule has 2 aromatic heterocycles. The van der Waals surface area contributed by atoms with Gasteiger partial charge in [0.05, 0.1) is 20.3 Å². The van der Waals surface area contributed by atoms with Crippen molar-refractivity contribution in [1.82, 2.24) is 19.2 Å². The van der Waals surface area contributed by atoms with Crippen molar-refractivity contribution >= 4 is 29.8 Å². The molecule has 0 aliphatic carbocycles. The normalized spacial score (nSPS) is 11.2. The number of halogens is 1. The summed E-state index contributed by atoms with van der Waals surface area (Å²) < 4.78 is 14.6. The molecule has 3 aromatic rings. The Morgan fingerprint density at radius 2 is 2.04 bits per heavy atom. The van der Waals surface area contributed by atoms with Gasteiger partial charge in [0, 0.05) is 17.6 Å². The summed E-state index contributed by atoms with van der Waals surface area (Å²) in [6.45, 7) is 2.70. The molecule has 28 heavy (non-hydrogen) atoms. The quantitative estimate of drug-likeness (QED) is 0.442. The fourth-order valence-corrected chi connectivity index (χ4v) is 3.22. The molecule has 0 radical (unpaired) electrons. The van der Waals surface area contributed by atoms with Crippen molar-refractivity contribution in [1.29, 1.82) is 0 Å². The Bertz CT molecular complexity index is 1050. The molecule has 0 N–H and O–H groups in total. The molecule has 148 valence electrons. The van der Waals surface area contributed by atoms with Crippen LogP contribution in [0.2, 0.25) is 5.02 Å². The van der Waals surface area contributed by atoms with E-state index in [2.05, 4.69) is 5.10 Å². The maximum Gasteiger partial charge on any atom is 0.341 e. The Morgan fingerprint density at radius 3 is 2.68 bits per heavy atom. The standard InChI is InChI=1S/C19H21ClN4O3S/c1-12-16(18(25)26-4)9-15(27-12)10-22(2)11-24-19(28)23(3)17(21-24)13-5-7-14(20)8-6-13/h5-9H,10-11H2,1-4H3. The molecule has 7 nitrogen and oxygen atoms in total. The van der Waals surface area contributed by atoms with E-state index in [4.69, 9.17) is 33.0 Å². The molecule has 0 amide bonds. The van der Waals surface area contributed by atoms with Crippen LogP contribution in [0.25, 0.3) is 11.4 Å². The Balaban J connectivity index is 1.77. The molecule has 0 unspecified atom stereocenters. The number of hydrogen-bond donors (Lipinski definition) is 0. The van der Waals surface area contributed by atoms with Gasteiger partial charge < -0.3 is 13.7 Å². The van der Waals surface area contributed by atoms with Crippen molar-refractivity contribution in [2.75, 3.05) is 14.2 Å². The van der Waals surface area contributed by atoms with Gasteiger partial charge in [-0.05, 0) is 56.5 Å². The van der Waals surface area contributed by atoms with E-state index in [1.54, 1.807) is 17.7 Å². The number of hydrogen-bond acceptors (Lipinski definition) is 6. The Labute approximate surface area is 173 Å². The van der Waals surface area contributed by atoms with Crippen molar-refractivity contribution in [2.45, 2.75) is 20.1 Å². The number of ether oxygens (including phenoxy) is 1. The molecule has 0 aliphatic heterocycles. The number of carbonyl (C=O) groups excluding carboxylic acids is 1. The van der Waals surface area contributed by atoms with Crippen LogP contribution in [0.3, 0.4) is 0 Å². The topological polar surface area (TPSA) is 65.4 Å². The first-order valence-electron chi connectivity index (χ1n) is 8.56. The fraction of sp³-hybridized carbons (Fsp3) is 0.316. The average molecular weight is 421 g/mol. The zero-order valence-corrected chi connectivity index (χ0v) is 17.7. The minimum absolute atomic E-state index is 0.408. The van der Waals surface area contributed by atoms with Crippen LogP contribution in [0.5, 0.6) is 0 Å². The first-order chi connectivity index (χ1) is 13.3. The lowest BCUT2D eigenvalue weighted by Gasteiger charge is -2.14. The van der Waals surface area contributed by atoms with Crippen molar-refractivity contribution in [3.05, 3.63) is 57.2 Å². The van der Waals surface area contributed by atoms with Gasteiger partial charge in [-0.1, -0.05) is 11.6 Å². The van der Waals surface area contributed by atoms with Crippen molar-refractivity contribution < 1.29 is 13.9 Å². The maximum absolute atomic E-state index is 11.7. The Morgan fingerprint density at radius 1 is 1.36 bits per heavy atom. The molecule has 0 spiro atoms. The molecule has 0 fully saturated rings. The summed E-state index contributed by atoms with van der Waals surface area (Å²) in [6, 6.07) is 9.17. The predicted octanol–water partition coefficient (Wildman–Crippen LogP) is 4.05. The van der Waals surface area contributed by atoms with Gasteiger partial charge in [0.25, 0.3) is 0 Å². The average Bonchev–Trinajstić information content (AvgIpc) is 3.16. The predicted molar refractivity (Wildman–Crippen MR) is 109 cm³/mol. The van der Waals surface area contributed by atoms with Crippen LogP contribution in [0, 0.1) is 11.7 Å². The van der Waals surface area contributed by atoms with Crippen molar-refractivity contribution in [2.24, 2.45) is 7.05 Å². The molecule has 0 saturated carbocycles. The van der Waals surface area contributed by atoms with E-state index in [-0.39, 0.29) is 0 Å². The summed E-state index contributed by atoms with van der Waals surface area (Å²) in [5.74, 6) is 1.56. The van der Waals surface area contributed by atoms with Gasteiger partial charge >= 0.3 is 5.97 Å². The van der Waals surface area contributed by atoms with Crippen LogP contribution < -0.4 is 0 Å². The third-order valence-electron chi connectivity index (χ3n) is 4.32. The molecule has 0 atom stereocenters. The van der Waals surface area contributed by atoms with Crippen LogP contribution in [0.1, 0.15) is 21.9 Å². The highest BCUT2D eigenvalue weighted by molar-refractivity contribution is 7.71. The van der Waals surface area contributed by atoms with Gasteiger partial charge in [-0.2, -0.15) is 5.10 Å². The number of esters is 1. The molecule has 1 aromatic carbocycles. The monoisotopic (exact) mass is 420 g/mol. The van der Waals surface area contributed by atoms with Crippen LogP contribution in [-0.4, -0.2) is 39.4 Å². The van der Waals surface area contributed by atoms with E-state index >= 15 is 0 Å². The zero-order valence-electron chi connectivity index (χ0n) is 16.1. The molecule has 0 bridgehead atoms. The summed E-state index contributed by atoms with van der Waals surface area (Å²) in [5.41, 5.74) is 1.37. The first-order valence-corrected chi connectivity index (χ1v) is 9.34. The van der Waals surface area contributed by atoms with Gasteiger partial charge in [0.1, 0.15) is 17.1 Å². The summed E-state index contributed by atoms with van der Waals surface area (Å²) in [5, 5.41) is 5.31. The largest absolute Gasteiger partial charge is 0.465 e. The minimum atomic E-state index is -0.408. The number of methoxy groups -OCH3 is 1. The van der Waals surface area contributed by atoms with Gasteiger partial charge in [0.2, 0.25) is 0 Å². The Kier molecular flexibility index (Phi) is 6.02. The second kappa shape index (κ2) is 8.30. The number of nitrogens with zero attached hydrogens (tertiary/aromatic N) is 4. The third kappa shape index (κ3) is 4.19. The Hall–Kier alpha value is -2.42. The summed E-state index contributed by atoms with van der Waals surface area (Å²) >= 11 is 11.5. The molecular formula is C19H21ClN4O3S. The highest BCUT2D eigenvalue weighted by atomic mass is 35.5. The second-order valence-electron chi connectivity index (χ2n) is 6.50. The van der Waals surface area contributed by atoms with Crippen LogP contribution in [-0.2, 0) is 25.0 Å². The molecule has 0 saturated heterocycles. The smallest absolute Gasteiger partial charge is 0.341 e. The van der Waals surface area contributed by atoms with Crippen molar-refractivity contribution in [3.8, 4) is 11.4 Å². The van der Waals surface area contributed by atoms with E-state index in [1.165, 1.54) is 7.11 Å². The summed E-state index contributed by atoms with van der Waals surface area (Å²) in [7, 11) is 5.16. The van der Waals surface area contributed by atoms with Gasteiger partial charge in [-0.25, -0.2) is 9.48 Å². The molecular weight excluding hydrogens is 400 g/mol. The number of aromatic nitrogens is 3. The van der Waals surface area contributed by atoms with E-state index < -0.39 is 5.97 Å². The highest BCUT2D eigenvalue weighted by Crippen LogP contribution is 2.21. The molecule has 3 rings (SSSR count). The summed E-state index contributed by atoms with van der Waals surface area (Å²) in [6.07, 6.45) is 0. The third-order valence-corrected chi connectivity index (χ3v) is 5.06. The minimum Gasteiger partial charge on any atom is -0.465 e. The van der Waals surface area contributed by atoms with Crippen LogP contribution >= 0.6 is 23.8 Å². The van der Waals surface area contributed by atoms with Crippen LogP contribution in [0.15, 0.2) is 34.7 Å². The number of aryl methyl sites for hydroxylation is 1. The fourth-order valence-electron chi connectivity index (χ4n) is 2.91. The number of carbonyl (C=O) groups is 1. The molecule has 9 heteroatoms. The molecule has 2 heterocycles. The van der Waals surface area contributed by atoms with E-state index in [1.807, 2.05) is 47.8 Å². The summed E-state index contributed by atoms with van der Waals surface area (Å²) in [4.78, 5) is 13.7. The van der Waals surface area contributed by atoms with Gasteiger partial charge in [-0.15, -0.1) is 0 Å². The molecule has 0 aliphatic rings. The van der Waals surface area contributed by atoms with Gasteiger partial charge in [0.15, 0.2) is 10.6 Å². The lowest BCUT2D eigenvalue weighted by Crippen LogP contribution is -2.22.